The molecule has 0 aliphatic carbocycles. The summed E-state index contributed by atoms with van der Waals surface area (Å²) in [7, 11) is 0. The number of hydrogen-bond acceptors (Lipinski definition) is 2. The summed E-state index contributed by atoms with van der Waals surface area (Å²) in [5.74, 6) is 1.18. The van der Waals surface area contributed by atoms with E-state index in [0.29, 0.717) is 24.4 Å². The molecule has 2 fully saturated rings. The van der Waals surface area contributed by atoms with Crippen LogP contribution in [0.5, 0.6) is 0 Å². The average Bonchev–Trinajstić information content (AvgIpc) is 2.20. The van der Waals surface area contributed by atoms with Crippen molar-refractivity contribution >= 4 is 11.6 Å². The molecular formula is C12H20NO2+. The van der Waals surface area contributed by atoms with E-state index < -0.39 is 0 Å². The predicted octanol–water partition coefficient (Wildman–Crippen LogP) is 1.02. The fraction of sp³-hybridized carbons (Fsp3) is 0.833. The van der Waals surface area contributed by atoms with Gasteiger partial charge in [-0.15, -0.1) is 0 Å². The second kappa shape index (κ2) is 3.71. The van der Waals surface area contributed by atoms with Gasteiger partial charge in [0.05, 0.1) is 50.9 Å². The quantitative estimate of drug-likeness (QED) is 0.559. The Morgan fingerprint density at radius 1 is 1.00 bits per heavy atom. The molecule has 1 spiro atoms. The number of ketones is 2. The maximum atomic E-state index is 11.7. The summed E-state index contributed by atoms with van der Waals surface area (Å²) in [6.45, 7) is 7.90. The molecule has 0 radical (unpaired) electrons. The molecule has 3 nitrogen and oxygen atoms in total. The number of quaternary nitrogens is 1. The molecule has 0 amide bonds. The van der Waals surface area contributed by atoms with Crippen molar-refractivity contribution in [2.75, 3.05) is 26.2 Å². The third kappa shape index (κ3) is 1.98. The van der Waals surface area contributed by atoms with Crippen molar-refractivity contribution in [1.82, 2.24) is 0 Å². The third-order valence-electron chi connectivity index (χ3n) is 4.02. The molecule has 2 unspecified atom stereocenters. The van der Waals surface area contributed by atoms with E-state index >= 15 is 0 Å². The van der Waals surface area contributed by atoms with E-state index in [0.717, 1.165) is 30.7 Å². The van der Waals surface area contributed by atoms with Gasteiger partial charge in [-0.2, -0.15) is 0 Å². The van der Waals surface area contributed by atoms with Crippen molar-refractivity contribution < 1.29 is 14.1 Å². The van der Waals surface area contributed by atoms with E-state index in [1.807, 2.05) is 13.8 Å². The molecule has 0 saturated carbocycles. The first kappa shape index (κ1) is 10.8. The van der Waals surface area contributed by atoms with Crippen LogP contribution in [0.2, 0.25) is 0 Å². The minimum absolute atomic E-state index is 0.182. The molecule has 0 aromatic heterocycles. The SMILES string of the molecule is CC1C[N+]2(CCC(=O)CC2)CC(C)C1=O. The molecule has 15 heavy (non-hydrogen) atoms. The lowest BCUT2D eigenvalue weighted by molar-refractivity contribution is -0.936. The van der Waals surface area contributed by atoms with E-state index in [1.54, 1.807) is 0 Å². The van der Waals surface area contributed by atoms with Crippen molar-refractivity contribution in [3.05, 3.63) is 0 Å². The molecule has 84 valence electrons. The van der Waals surface area contributed by atoms with Crippen molar-refractivity contribution in [1.29, 1.82) is 0 Å². The van der Waals surface area contributed by atoms with Crippen LogP contribution < -0.4 is 0 Å². The molecule has 3 heteroatoms. The average molecular weight is 210 g/mol. The Morgan fingerprint density at radius 2 is 1.47 bits per heavy atom. The molecule has 2 saturated heterocycles. The van der Waals surface area contributed by atoms with Gasteiger partial charge >= 0.3 is 0 Å². The fourth-order valence-electron chi connectivity index (χ4n) is 3.23. The lowest BCUT2D eigenvalue weighted by Gasteiger charge is -2.47. The smallest absolute Gasteiger partial charge is 0.149 e. The maximum Gasteiger partial charge on any atom is 0.149 e. The molecular weight excluding hydrogens is 190 g/mol. The Hall–Kier alpha value is -0.700. The summed E-state index contributed by atoms with van der Waals surface area (Å²) in [4.78, 5) is 23.0. The summed E-state index contributed by atoms with van der Waals surface area (Å²) < 4.78 is 1.01. The van der Waals surface area contributed by atoms with Crippen LogP contribution in [0, 0.1) is 11.8 Å². The van der Waals surface area contributed by atoms with Crippen molar-refractivity contribution in [3.8, 4) is 0 Å². The minimum atomic E-state index is 0.182. The normalized spacial score (nSPS) is 35.9. The lowest BCUT2D eigenvalue weighted by atomic mass is 9.86. The molecule has 0 aromatic rings. The van der Waals surface area contributed by atoms with Gasteiger partial charge in [0.25, 0.3) is 0 Å². The highest BCUT2D eigenvalue weighted by atomic mass is 16.1. The van der Waals surface area contributed by atoms with Gasteiger partial charge in [0, 0.05) is 0 Å². The first-order valence-electron chi connectivity index (χ1n) is 5.93. The van der Waals surface area contributed by atoms with Gasteiger partial charge < -0.3 is 4.48 Å². The van der Waals surface area contributed by atoms with Gasteiger partial charge in [-0.1, -0.05) is 13.8 Å². The Kier molecular flexibility index (Phi) is 2.67. The summed E-state index contributed by atoms with van der Waals surface area (Å²) >= 11 is 0. The van der Waals surface area contributed by atoms with E-state index in [-0.39, 0.29) is 11.8 Å². The third-order valence-corrected chi connectivity index (χ3v) is 4.02. The molecule has 2 aliphatic heterocycles. The zero-order valence-corrected chi connectivity index (χ0v) is 9.66. The van der Waals surface area contributed by atoms with Gasteiger partial charge in [-0.3, -0.25) is 9.59 Å². The number of carbonyl (C=O) groups excluding carboxylic acids is 2. The molecule has 0 bridgehead atoms. The summed E-state index contributed by atoms with van der Waals surface area (Å²) in [5, 5.41) is 0. The van der Waals surface area contributed by atoms with Crippen LogP contribution >= 0.6 is 0 Å². The van der Waals surface area contributed by atoms with Crippen molar-refractivity contribution in [3.63, 3.8) is 0 Å². The van der Waals surface area contributed by atoms with Gasteiger partial charge in [0.1, 0.15) is 11.6 Å². The Bertz CT molecular complexity index is 272. The Balaban J connectivity index is 2.10. The largest absolute Gasteiger partial charge is 0.322 e. The first-order valence-corrected chi connectivity index (χ1v) is 5.93. The molecule has 2 heterocycles. The topological polar surface area (TPSA) is 34.1 Å². The number of piperidine rings is 2. The van der Waals surface area contributed by atoms with Gasteiger partial charge in [0.2, 0.25) is 0 Å². The zero-order chi connectivity index (χ0) is 11.1. The number of Topliss-reactive ketones (excluding diaryl/α,β-unsaturated/α-hetero) is 2. The van der Waals surface area contributed by atoms with Crippen molar-refractivity contribution in [2.24, 2.45) is 11.8 Å². The van der Waals surface area contributed by atoms with E-state index in [1.165, 1.54) is 0 Å². The lowest BCUT2D eigenvalue weighted by Crippen LogP contribution is -2.62. The van der Waals surface area contributed by atoms with Gasteiger partial charge in [-0.25, -0.2) is 0 Å². The highest BCUT2D eigenvalue weighted by Gasteiger charge is 2.43. The van der Waals surface area contributed by atoms with Crippen molar-refractivity contribution in [2.45, 2.75) is 26.7 Å². The van der Waals surface area contributed by atoms with Crippen LogP contribution in [0.3, 0.4) is 0 Å². The second-order valence-corrected chi connectivity index (χ2v) is 5.40. The maximum absolute atomic E-state index is 11.7. The highest BCUT2D eigenvalue weighted by Crippen LogP contribution is 2.28. The number of nitrogens with zero attached hydrogens (tertiary/aromatic N) is 1. The molecule has 0 N–H and O–H groups in total. The van der Waals surface area contributed by atoms with E-state index in [4.69, 9.17) is 0 Å². The second-order valence-electron chi connectivity index (χ2n) is 5.40. The van der Waals surface area contributed by atoms with E-state index in [2.05, 4.69) is 0 Å². The predicted molar refractivity (Wildman–Crippen MR) is 57.3 cm³/mol. The van der Waals surface area contributed by atoms with E-state index in [9.17, 15) is 9.59 Å². The molecule has 2 rings (SSSR count). The monoisotopic (exact) mass is 210 g/mol. The molecule has 0 aromatic carbocycles. The van der Waals surface area contributed by atoms with Gasteiger partial charge in [-0.05, 0) is 0 Å². The van der Waals surface area contributed by atoms with Crippen LogP contribution in [-0.4, -0.2) is 42.2 Å². The molecule has 2 atom stereocenters. The Labute approximate surface area is 91.0 Å². The first-order chi connectivity index (χ1) is 7.02. The van der Waals surface area contributed by atoms with Crippen LogP contribution in [-0.2, 0) is 9.59 Å². The highest BCUT2D eigenvalue weighted by molar-refractivity contribution is 5.83. The number of hydrogen-bond donors (Lipinski definition) is 0. The molecule has 2 aliphatic rings. The zero-order valence-electron chi connectivity index (χ0n) is 9.66. The Morgan fingerprint density at radius 3 is 1.93 bits per heavy atom. The summed E-state index contributed by atoms with van der Waals surface area (Å²) in [5.41, 5.74) is 0. The minimum Gasteiger partial charge on any atom is -0.322 e. The standard InChI is InChI=1S/C12H20NO2/c1-9-7-13(8-10(2)12(9)15)5-3-11(14)4-6-13/h9-10H,3-8H2,1-2H3/q+1. The summed E-state index contributed by atoms with van der Waals surface area (Å²) in [6, 6.07) is 0. The van der Waals surface area contributed by atoms with Crippen LogP contribution in [0.25, 0.3) is 0 Å². The van der Waals surface area contributed by atoms with Crippen LogP contribution in [0.15, 0.2) is 0 Å². The summed E-state index contributed by atoms with van der Waals surface area (Å²) in [6.07, 6.45) is 1.43. The van der Waals surface area contributed by atoms with Crippen LogP contribution in [0.1, 0.15) is 26.7 Å². The van der Waals surface area contributed by atoms with Crippen LogP contribution in [0.4, 0.5) is 0 Å². The van der Waals surface area contributed by atoms with Gasteiger partial charge in [0.15, 0.2) is 0 Å². The number of carbonyl (C=O) groups is 2. The fourth-order valence-corrected chi connectivity index (χ4v) is 3.23. The number of rotatable bonds is 0.